The molecular weight excluding hydrogens is 517 g/mol. The van der Waals surface area contributed by atoms with Gasteiger partial charge in [0.05, 0.1) is 0 Å². The van der Waals surface area contributed by atoms with Gasteiger partial charge in [0.1, 0.15) is 0 Å². The number of allylic oxidation sites excluding steroid dienone is 12. The van der Waals surface area contributed by atoms with Crippen LogP contribution < -0.4 is 0 Å². The van der Waals surface area contributed by atoms with Crippen molar-refractivity contribution in [2.45, 2.75) is 37.5 Å². The van der Waals surface area contributed by atoms with Crippen molar-refractivity contribution < 1.29 is 43.9 Å². The van der Waals surface area contributed by atoms with Crippen LogP contribution in [0, 0.1) is 0 Å². The summed E-state index contributed by atoms with van der Waals surface area (Å²) in [5.41, 5.74) is 0. The van der Waals surface area contributed by atoms with Crippen LogP contribution in [0.3, 0.4) is 0 Å². The summed E-state index contributed by atoms with van der Waals surface area (Å²) >= 11 is 3.11. The SMILES string of the molecule is FC1=C(F)C(F)C(F)C(P(C2=CC=C(Br)CC2)C2=C(F)C(F)=C(F)C(F)C2F)=C1F. The van der Waals surface area contributed by atoms with Crippen molar-refractivity contribution in [3.8, 4) is 0 Å². The van der Waals surface area contributed by atoms with Crippen LogP contribution in [0.2, 0.25) is 0 Å². The maximum atomic E-state index is 14.6. The van der Waals surface area contributed by atoms with Gasteiger partial charge in [-0.25, -0.2) is 43.9 Å². The first-order valence-electron chi connectivity index (χ1n) is 8.31. The average Bonchev–Trinajstić information content (AvgIpc) is 2.73. The van der Waals surface area contributed by atoms with E-state index in [9.17, 15) is 43.9 Å². The highest BCUT2D eigenvalue weighted by Gasteiger charge is 2.50. The van der Waals surface area contributed by atoms with E-state index >= 15 is 0 Å². The summed E-state index contributed by atoms with van der Waals surface area (Å²) in [6.07, 6.45) is -10.7. The normalized spacial score (nSPS) is 32.0. The molecule has 3 rings (SSSR count). The minimum absolute atomic E-state index is 0.125. The van der Waals surface area contributed by atoms with Gasteiger partial charge in [-0.3, -0.25) is 0 Å². The van der Waals surface area contributed by atoms with E-state index in [4.69, 9.17) is 0 Å². The van der Waals surface area contributed by atoms with Crippen molar-refractivity contribution in [1.82, 2.24) is 0 Å². The number of hydrogen-bond donors (Lipinski definition) is 0. The van der Waals surface area contributed by atoms with Gasteiger partial charge in [0.2, 0.25) is 0 Å². The topological polar surface area (TPSA) is 0 Å². The predicted octanol–water partition coefficient (Wildman–Crippen LogP) is 8.47. The molecule has 0 aliphatic heterocycles. The molecule has 3 aliphatic carbocycles. The van der Waals surface area contributed by atoms with E-state index in [1.165, 1.54) is 6.08 Å². The Balaban J connectivity index is 2.32. The average molecular weight is 527 g/mol. The molecule has 0 saturated heterocycles. The highest BCUT2D eigenvalue weighted by molar-refractivity contribution is 9.11. The molecule has 12 heteroatoms. The molecule has 0 heterocycles. The summed E-state index contributed by atoms with van der Waals surface area (Å²) in [5, 5.41) is -3.22. The van der Waals surface area contributed by atoms with Crippen LogP contribution in [0.4, 0.5) is 43.9 Å². The van der Waals surface area contributed by atoms with Crippen molar-refractivity contribution in [2.75, 3.05) is 0 Å². The molecular formula is C18H10BrF10P. The first kappa shape index (κ1) is 23.3. The Morgan fingerprint density at radius 1 is 0.633 bits per heavy atom. The second-order valence-electron chi connectivity index (χ2n) is 6.44. The molecule has 0 nitrogen and oxygen atoms in total. The summed E-state index contributed by atoms with van der Waals surface area (Å²) in [5.74, 6) is -14.1. The van der Waals surface area contributed by atoms with Crippen LogP contribution >= 0.6 is 23.9 Å². The summed E-state index contributed by atoms with van der Waals surface area (Å²) in [4.78, 5) is 0. The smallest absolute Gasteiger partial charge is 0.193 e. The largest absolute Gasteiger partial charge is 0.238 e. The third-order valence-corrected chi connectivity index (χ3v) is 8.08. The highest BCUT2D eigenvalue weighted by atomic mass is 79.9. The Bertz CT molecular complexity index is 902. The standard InChI is InChI=1S/C18H10BrF10P/c19-5-1-3-6(4-2-5)30(17-13(26)9(22)7(20)10(23)14(17)27)18-15(28)11(24)8(21)12(25)16(18)29/h1,3,9,11,13,15H,2,4H2. The molecule has 0 aromatic heterocycles. The maximum Gasteiger partial charge on any atom is 0.193 e. The van der Waals surface area contributed by atoms with Crippen LogP contribution in [-0.2, 0) is 0 Å². The summed E-state index contributed by atoms with van der Waals surface area (Å²) in [6.45, 7) is 0. The summed E-state index contributed by atoms with van der Waals surface area (Å²) in [7, 11) is -3.24. The third-order valence-electron chi connectivity index (χ3n) is 4.62. The fourth-order valence-corrected chi connectivity index (χ4v) is 6.23. The highest BCUT2D eigenvalue weighted by Crippen LogP contribution is 2.69. The lowest BCUT2D eigenvalue weighted by Crippen LogP contribution is -2.30. The number of rotatable bonds is 3. The molecule has 0 amide bonds. The quantitative estimate of drug-likeness (QED) is 0.255. The zero-order valence-corrected chi connectivity index (χ0v) is 17.0. The van der Waals surface area contributed by atoms with Gasteiger partial charge in [0.15, 0.2) is 59.6 Å². The molecule has 0 saturated carbocycles. The van der Waals surface area contributed by atoms with Crippen molar-refractivity contribution in [3.63, 3.8) is 0 Å². The molecule has 0 aromatic rings. The van der Waals surface area contributed by atoms with E-state index < -0.39 is 78.2 Å². The minimum atomic E-state index is -3.33. The maximum absolute atomic E-state index is 14.6. The molecule has 0 radical (unpaired) electrons. The summed E-state index contributed by atoms with van der Waals surface area (Å²) < 4.78 is 141. The number of hydrogen-bond acceptors (Lipinski definition) is 0. The second kappa shape index (κ2) is 8.65. The van der Waals surface area contributed by atoms with E-state index in [0.29, 0.717) is 4.48 Å². The Morgan fingerprint density at radius 3 is 1.43 bits per heavy atom. The van der Waals surface area contributed by atoms with Gasteiger partial charge < -0.3 is 0 Å². The van der Waals surface area contributed by atoms with E-state index in [2.05, 4.69) is 15.9 Å². The Hall–Kier alpha value is -1.35. The molecule has 0 N–H and O–H groups in total. The van der Waals surface area contributed by atoms with E-state index in [1.54, 1.807) is 0 Å². The zero-order chi connectivity index (χ0) is 22.5. The lowest BCUT2D eigenvalue weighted by Gasteiger charge is -2.35. The van der Waals surface area contributed by atoms with Crippen molar-refractivity contribution in [2.24, 2.45) is 0 Å². The number of halogens is 11. The van der Waals surface area contributed by atoms with Crippen LogP contribution in [0.5, 0.6) is 0 Å². The molecule has 0 aromatic carbocycles. The minimum Gasteiger partial charge on any atom is -0.238 e. The molecule has 0 spiro atoms. The van der Waals surface area contributed by atoms with Gasteiger partial charge in [-0.05, 0) is 30.6 Å². The number of alkyl halides is 4. The van der Waals surface area contributed by atoms with Crippen molar-refractivity contribution in [1.29, 1.82) is 0 Å². The van der Waals surface area contributed by atoms with Gasteiger partial charge in [-0.15, -0.1) is 0 Å². The van der Waals surface area contributed by atoms with Crippen LogP contribution in [-0.4, -0.2) is 24.7 Å². The third kappa shape index (κ3) is 3.72. The van der Waals surface area contributed by atoms with Crippen molar-refractivity contribution >= 4 is 23.9 Å². The van der Waals surface area contributed by atoms with Crippen LogP contribution in [0.25, 0.3) is 0 Å². The monoisotopic (exact) mass is 526 g/mol. The second-order valence-corrected chi connectivity index (χ2v) is 9.66. The molecule has 30 heavy (non-hydrogen) atoms. The molecule has 4 unspecified atom stereocenters. The van der Waals surface area contributed by atoms with E-state index in [0.717, 1.165) is 6.08 Å². The first-order chi connectivity index (χ1) is 14.0. The van der Waals surface area contributed by atoms with Gasteiger partial charge >= 0.3 is 0 Å². The first-order valence-corrected chi connectivity index (χ1v) is 10.4. The van der Waals surface area contributed by atoms with Crippen molar-refractivity contribution in [3.05, 3.63) is 67.5 Å². The fourth-order valence-electron chi connectivity index (χ4n) is 3.12. The molecule has 164 valence electrons. The lowest BCUT2D eigenvalue weighted by molar-refractivity contribution is 0.185. The fraction of sp³-hybridized carbons (Fsp3) is 0.333. The van der Waals surface area contributed by atoms with Gasteiger partial charge in [-0.2, -0.15) is 0 Å². The van der Waals surface area contributed by atoms with E-state index in [-0.39, 0.29) is 18.2 Å². The van der Waals surface area contributed by atoms with Crippen LogP contribution in [0.15, 0.2) is 67.5 Å². The van der Waals surface area contributed by atoms with Gasteiger partial charge in [-0.1, -0.05) is 28.1 Å². The Kier molecular flexibility index (Phi) is 6.72. The molecule has 0 bridgehead atoms. The van der Waals surface area contributed by atoms with Crippen LogP contribution in [0.1, 0.15) is 12.8 Å². The molecule has 4 atom stereocenters. The molecule has 0 fully saturated rings. The Morgan fingerprint density at radius 2 is 1.07 bits per heavy atom. The van der Waals surface area contributed by atoms with E-state index in [1.807, 2.05) is 0 Å². The Labute approximate surface area is 173 Å². The molecule has 3 aliphatic rings. The lowest BCUT2D eigenvalue weighted by atomic mass is 10.1. The summed E-state index contributed by atoms with van der Waals surface area (Å²) in [6, 6.07) is 0. The van der Waals surface area contributed by atoms with Gasteiger partial charge in [0.25, 0.3) is 0 Å². The zero-order valence-electron chi connectivity index (χ0n) is 14.5. The predicted molar refractivity (Wildman–Crippen MR) is 95.6 cm³/mol. The van der Waals surface area contributed by atoms with Gasteiger partial charge in [0, 0.05) is 10.6 Å².